The van der Waals surface area contributed by atoms with Crippen molar-refractivity contribution in [2.75, 3.05) is 19.6 Å². The van der Waals surface area contributed by atoms with Gasteiger partial charge in [-0.15, -0.1) is 0 Å². The second-order valence-electron chi connectivity index (χ2n) is 7.59. The fraction of sp³-hybridized carbons (Fsp3) is 0.765. The van der Waals surface area contributed by atoms with E-state index in [0.717, 1.165) is 12.5 Å². The average Bonchev–Trinajstić information content (AvgIpc) is 2.28. The van der Waals surface area contributed by atoms with Gasteiger partial charge >= 0.3 is 0 Å². The van der Waals surface area contributed by atoms with Crippen molar-refractivity contribution < 1.29 is 0 Å². The lowest BCUT2D eigenvalue weighted by Gasteiger charge is -2.43. The molecule has 1 aliphatic heterocycles. The standard InChI is InChI=1S/C17H31BN2/c1-13-8-14(6-7-18)4-5-16(13)9-15-10-20(11-15)12-17(2,3)19/h8,15H,4-7,9-12,18-19H2,1-3H3. The lowest BCUT2D eigenvalue weighted by Crippen LogP contribution is -2.54. The van der Waals surface area contributed by atoms with Crippen LogP contribution in [0.3, 0.4) is 0 Å². The van der Waals surface area contributed by atoms with Crippen LogP contribution in [-0.4, -0.2) is 37.9 Å². The SMILES string of the molecule is BCCC1=CC(C)=C(CC2CN(CC(C)(C)N)C2)CC1. The predicted octanol–water partition coefficient (Wildman–Crippen LogP) is 2.52. The molecule has 1 aliphatic carbocycles. The first-order chi connectivity index (χ1) is 9.37. The molecule has 0 atom stereocenters. The molecule has 0 radical (unpaired) electrons. The second kappa shape index (κ2) is 6.49. The number of likely N-dealkylation sites (tertiary alicyclic amines) is 1. The van der Waals surface area contributed by atoms with Gasteiger partial charge in [-0.1, -0.05) is 29.1 Å². The molecule has 2 aliphatic rings. The van der Waals surface area contributed by atoms with Crippen LogP contribution in [0.2, 0.25) is 6.32 Å². The van der Waals surface area contributed by atoms with Gasteiger partial charge in [0.2, 0.25) is 0 Å². The summed E-state index contributed by atoms with van der Waals surface area (Å²) in [6.45, 7) is 10.1. The number of nitrogens with zero attached hydrogens (tertiary/aromatic N) is 1. The van der Waals surface area contributed by atoms with Crippen molar-refractivity contribution in [1.29, 1.82) is 0 Å². The van der Waals surface area contributed by atoms with Crippen molar-refractivity contribution >= 4 is 7.85 Å². The van der Waals surface area contributed by atoms with Crippen LogP contribution in [0.15, 0.2) is 22.8 Å². The van der Waals surface area contributed by atoms with Crippen molar-refractivity contribution in [2.45, 2.75) is 58.3 Å². The van der Waals surface area contributed by atoms with Crippen molar-refractivity contribution in [3.05, 3.63) is 22.8 Å². The smallest absolute Gasteiger partial charge is 0.101 e. The Morgan fingerprint density at radius 2 is 2.05 bits per heavy atom. The summed E-state index contributed by atoms with van der Waals surface area (Å²) < 4.78 is 0. The van der Waals surface area contributed by atoms with E-state index in [1.165, 1.54) is 45.1 Å². The summed E-state index contributed by atoms with van der Waals surface area (Å²) in [5, 5.41) is 0. The van der Waals surface area contributed by atoms with Crippen LogP contribution >= 0.6 is 0 Å². The number of allylic oxidation sites excluding steroid dienone is 4. The highest BCUT2D eigenvalue weighted by Crippen LogP contribution is 2.33. The summed E-state index contributed by atoms with van der Waals surface area (Å²) in [6, 6.07) is 0. The first-order valence-electron chi connectivity index (χ1n) is 8.26. The van der Waals surface area contributed by atoms with Gasteiger partial charge in [0, 0.05) is 25.2 Å². The Kier molecular flexibility index (Phi) is 5.14. The molecule has 2 rings (SSSR count). The molecule has 0 spiro atoms. The Morgan fingerprint density at radius 3 is 2.60 bits per heavy atom. The molecule has 0 unspecified atom stereocenters. The van der Waals surface area contributed by atoms with Crippen molar-refractivity contribution in [1.82, 2.24) is 4.90 Å². The minimum Gasteiger partial charge on any atom is -0.324 e. The summed E-state index contributed by atoms with van der Waals surface area (Å²) in [5.41, 5.74) is 11.0. The van der Waals surface area contributed by atoms with Crippen LogP contribution in [0.25, 0.3) is 0 Å². The molecule has 1 heterocycles. The third-order valence-corrected chi connectivity index (χ3v) is 4.50. The maximum absolute atomic E-state index is 6.08. The molecule has 2 nitrogen and oxygen atoms in total. The molecule has 0 aromatic heterocycles. The van der Waals surface area contributed by atoms with Crippen LogP contribution in [0.1, 0.15) is 46.5 Å². The molecule has 0 aromatic rings. The van der Waals surface area contributed by atoms with E-state index >= 15 is 0 Å². The molecule has 0 amide bonds. The molecule has 112 valence electrons. The van der Waals surface area contributed by atoms with E-state index in [-0.39, 0.29) is 5.54 Å². The maximum atomic E-state index is 6.08. The van der Waals surface area contributed by atoms with E-state index in [9.17, 15) is 0 Å². The van der Waals surface area contributed by atoms with Gasteiger partial charge in [0.05, 0.1) is 0 Å². The molecular formula is C17H31BN2. The van der Waals surface area contributed by atoms with E-state index in [1.807, 2.05) is 0 Å². The summed E-state index contributed by atoms with van der Waals surface area (Å²) in [4.78, 5) is 2.50. The van der Waals surface area contributed by atoms with Gasteiger partial charge in [0.1, 0.15) is 7.85 Å². The number of rotatable bonds is 6. The molecule has 20 heavy (non-hydrogen) atoms. The predicted molar refractivity (Wildman–Crippen MR) is 90.8 cm³/mol. The van der Waals surface area contributed by atoms with Gasteiger partial charge in [0.25, 0.3) is 0 Å². The van der Waals surface area contributed by atoms with Gasteiger partial charge in [-0.3, -0.25) is 0 Å². The Balaban J connectivity index is 1.80. The lowest BCUT2D eigenvalue weighted by molar-refractivity contribution is 0.0796. The van der Waals surface area contributed by atoms with Crippen LogP contribution in [0, 0.1) is 5.92 Å². The van der Waals surface area contributed by atoms with E-state index < -0.39 is 0 Å². The third kappa shape index (κ3) is 4.49. The zero-order chi connectivity index (χ0) is 14.8. The minimum atomic E-state index is -0.0528. The molecule has 1 fully saturated rings. The normalized spacial score (nSPS) is 21.9. The third-order valence-electron chi connectivity index (χ3n) is 4.50. The molecule has 0 aromatic carbocycles. The Morgan fingerprint density at radius 1 is 1.35 bits per heavy atom. The van der Waals surface area contributed by atoms with Crippen LogP contribution in [0.5, 0.6) is 0 Å². The molecule has 0 bridgehead atoms. The van der Waals surface area contributed by atoms with Gasteiger partial charge in [-0.25, -0.2) is 0 Å². The number of hydrogen-bond donors (Lipinski definition) is 1. The van der Waals surface area contributed by atoms with Gasteiger partial charge < -0.3 is 10.6 Å². The molecule has 1 saturated heterocycles. The van der Waals surface area contributed by atoms with Crippen molar-refractivity contribution in [3.63, 3.8) is 0 Å². The molecule has 0 saturated carbocycles. The monoisotopic (exact) mass is 274 g/mol. The van der Waals surface area contributed by atoms with E-state index in [0.29, 0.717) is 0 Å². The Bertz CT molecular complexity index is 398. The summed E-state index contributed by atoms with van der Waals surface area (Å²) in [5.74, 6) is 0.864. The average molecular weight is 274 g/mol. The van der Waals surface area contributed by atoms with E-state index in [2.05, 4.69) is 39.6 Å². The van der Waals surface area contributed by atoms with Gasteiger partial charge in [-0.2, -0.15) is 0 Å². The maximum Gasteiger partial charge on any atom is 0.101 e. The van der Waals surface area contributed by atoms with Crippen molar-refractivity contribution in [3.8, 4) is 0 Å². The fourth-order valence-electron chi connectivity index (χ4n) is 3.63. The highest BCUT2D eigenvalue weighted by atomic mass is 15.2. The van der Waals surface area contributed by atoms with Gasteiger partial charge in [0.15, 0.2) is 0 Å². The second-order valence-corrected chi connectivity index (χ2v) is 7.59. The Hall–Kier alpha value is -0.535. The van der Waals surface area contributed by atoms with Crippen LogP contribution < -0.4 is 5.73 Å². The molecule has 2 N–H and O–H groups in total. The first-order valence-corrected chi connectivity index (χ1v) is 8.26. The summed E-state index contributed by atoms with van der Waals surface area (Å²) in [7, 11) is 2.28. The topological polar surface area (TPSA) is 29.3 Å². The van der Waals surface area contributed by atoms with Gasteiger partial charge in [-0.05, 0) is 52.4 Å². The van der Waals surface area contributed by atoms with Crippen LogP contribution in [0.4, 0.5) is 0 Å². The quantitative estimate of drug-likeness (QED) is 0.754. The first kappa shape index (κ1) is 15.8. The zero-order valence-electron chi connectivity index (χ0n) is 13.8. The lowest BCUT2D eigenvalue weighted by atomic mass is 9.82. The van der Waals surface area contributed by atoms with Crippen LogP contribution in [-0.2, 0) is 0 Å². The highest BCUT2D eigenvalue weighted by molar-refractivity contribution is 6.08. The summed E-state index contributed by atoms with van der Waals surface area (Å²) >= 11 is 0. The van der Waals surface area contributed by atoms with Crippen molar-refractivity contribution in [2.24, 2.45) is 11.7 Å². The minimum absolute atomic E-state index is 0.0528. The number of nitrogens with two attached hydrogens (primary N) is 1. The summed E-state index contributed by atoms with van der Waals surface area (Å²) in [6.07, 6.45) is 8.93. The highest BCUT2D eigenvalue weighted by Gasteiger charge is 2.30. The molecule has 3 heteroatoms. The zero-order valence-corrected chi connectivity index (χ0v) is 13.8. The largest absolute Gasteiger partial charge is 0.324 e. The van der Waals surface area contributed by atoms with E-state index in [1.54, 1.807) is 16.7 Å². The number of hydrogen-bond acceptors (Lipinski definition) is 2. The Labute approximate surface area is 125 Å². The fourth-order valence-corrected chi connectivity index (χ4v) is 3.63. The molecular weight excluding hydrogens is 243 g/mol. The van der Waals surface area contributed by atoms with E-state index in [4.69, 9.17) is 5.73 Å².